The Labute approximate surface area is 282 Å². The topological polar surface area (TPSA) is 126 Å². The smallest absolute Gasteiger partial charge is 0.397 e. The van der Waals surface area contributed by atoms with Gasteiger partial charge < -0.3 is 36.4 Å². The zero-order valence-electron chi connectivity index (χ0n) is 26.7. The maximum atomic E-state index is 14.0. The van der Waals surface area contributed by atoms with Crippen molar-refractivity contribution in [3.8, 4) is 0 Å². The van der Waals surface area contributed by atoms with E-state index >= 15 is 0 Å². The van der Waals surface area contributed by atoms with Gasteiger partial charge in [0.05, 0.1) is 16.3 Å². The van der Waals surface area contributed by atoms with Crippen LogP contribution in [0.5, 0.6) is 0 Å². The van der Waals surface area contributed by atoms with Crippen molar-refractivity contribution in [2.75, 3.05) is 63.4 Å². The molecule has 1 unspecified atom stereocenters. The summed E-state index contributed by atoms with van der Waals surface area (Å²) in [7, 11) is 0. The number of hydrogen-bond donors (Lipinski definition) is 4. The molecule has 48 heavy (non-hydrogen) atoms. The number of carbonyl (C=O) groups excluding carboxylic acids is 3. The highest BCUT2D eigenvalue weighted by Crippen LogP contribution is 2.38. The summed E-state index contributed by atoms with van der Waals surface area (Å²) in [6.45, 7) is 5.38. The zero-order chi connectivity index (χ0) is 34.0. The number of piperazine rings is 1. The molecule has 0 aliphatic carbocycles. The number of carbonyl (C=O) groups is 3. The second kappa shape index (κ2) is 14.4. The third-order valence-corrected chi connectivity index (χ3v) is 10.3. The van der Waals surface area contributed by atoms with E-state index in [0.717, 1.165) is 43.2 Å². The average Bonchev–Trinajstić information content (AvgIpc) is 3.09. The molecule has 2 aromatic rings. The number of likely N-dealkylation sites (tertiary alicyclic amines) is 1. The van der Waals surface area contributed by atoms with Crippen molar-refractivity contribution in [2.24, 2.45) is 0 Å². The summed E-state index contributed by atoms with van der Waals surface area (Å²) >= 11 is 6.11. The Hall–Kier alpha value is -3.75. The SMILES string of the molecule is Nc1c(Cl)cc(CC(NC(=O)N2CCC(N3Cc4ccccc4NC3=O)CC2)C(=O)N2CCN(C3CCNCC3)CC2)cc1C(F)(F)F. The zero-order valence-corrected chi connectivity index (χ0v) is 27.5. The summed E-state index contributed by atoms with van der Waals surface area (Å²) in [5.41, 5.74) is 5.95. The van der Waals surface area contributed by atoms with Crippen LogP contribution >= 0.6 is 11.6 Å². The highest BCUT2D eigenvalue weighted by atomic mass is 35.5. The molecule has 6 rings (SSSR count). The normalized spacial score (nSPS) is 20.7. The van der Waals surface area contributed by atoms with E-state index in [1.807, 2.05) is 24.3 Å². The maximum Gasteiger partial charge on any atom is 0.418 e. The average molecular weight is 691 g/mol. The van der Waals surface area contributed by atoms with Crippen LogP contribution in [0.15, 0.2) is 36.4 Å². The van der Waals surface area contributed by atoms with Gasteiger partial charge in [0.2, 0.25) is 5.91 Å². The minimum Gasteiger partial charge on any atom is -0.397 e. The number of rotatable bonds is 6. The molecule has 0 bridgehead atoms. The molecule has 4 aliphatic rings. The second-order valence-corrected chi connectivity index (χ2v) is 13.4. The maximum absolute atomic E-state index is 14.0. The predicted octanol–water partition coefficient (Wildman–Crippen LogP) is 3.97. The molecule has 5 N–H and O–H groups in total. The molecular formula is C33H42ClF3N8O3. The molecule has 260 valence electrons. The van der Waals surface area contributed by atoms with E-state index in [-0.39, 0.29) is 35.0 Å². The van der Waals surface area contributed by atoms with Crippen molar-refractivity contribution < 1.29 is 27.6 Å². The first-order valence-electron chi connectivity index (χ1n) is 16.6. The van der Waals surface area contributed by atoms with Crippen LogP contribution in [-0.2, 0) is 23.9 Å². The fourth-order valence-corrected chi connectivity index (χ4v) is 7.54. The number of nitrogens with one attached hydrogen (secondary N) is 3. The Kier molecular flexibility index (Phi) is 10.2. The van der Waals surface area contributed by atoms with Crippen molar-refractivity contribution in [2.45, 2.75) is 63.0 Å². The fraction of sp³-hybridized carbons (Fsp3) is 0.545. The van der Waals surface area contributed by atoms with Crippen molar-refractivity contribution in [3.63, 3.8) is 0 Å². The number of piperidine rings is 2. The molecule has 2 aromatic carbocycles. The number of alkyl halides is 3. The van der Waals surface area contributed by atoms with E-state index in [1.54, 1.807) is 14.7 Å². The summed E-state index contributed by atoms with van der Waals surface area (Å²) in [6, 6.07) is 8.45. The van der Waals surface area contributed by atoms with Crippen molar-refractivity contribution >= 4 is 40.9 Å². The van der Waals surface area contributed by atoms with Crippen LogP contribution in [0.25, 0.3) is 0 Å². The van der Waals surface area contributed by atoms with Crippen LogP contribution in [0.1, 0.15) is 42.4 Å². The van der Waals surface area contributed by atoms with E-state index in [4.69, 9.17) is 17.3 Å². The van der Waals surface area contributed by atoms with E-state index in [2.05, 4.69) is 20.9 Å². The second-order valence-electron chi connectivity index (χ2n) is 13.0. The number of para-hydroxylation sites is 1. The highest BCUT2D eigenvalue weighted by molar-refractivity contribution is 6.33. The van der Waals surface area contributed by atoms with Crippen LogP contribution in [0.4, 0.5) is 34.1 Å². The molecule has 0 radical (unpaired) electrons. The van der Waals surface area contributed by atoms with Gasteiger partial charge in [-0.25, -0.2) is 9.59 Å². The van der Waals surface area contributed by atoms with Gasteiger partial charge in [-0.1, -0.05) is 29.8 Å². The summed E-state index contributed by atoms with van der Waals surface area (Å²) in [6.07, 6.45) is -1.76. The van der Waals surface area contributed by atoms with Gasteiger partial charge >= 0.3 is 18.2 Å². The number of nitrogens with zero attached hydrogens (tertiary/aromatic N) is 4. The number of urea groups is 2. The molecule has 5 amide bonds. The van der Waals surface area contributed by atoms with E-state index in [1.165, 1.54) is 6.07 Å². The Balaban J connectivity index is 1.13. The molecule has 0 saturated carbocycles. The fourth-order valence-electron chi connectivity index (χ4n) is 7.30. The Bertz CT molecular complexity index is 1510. The van der Waals surface area contributed by atoms with E-state index < -0.39 is 29.5 Å². The molecule has 1 atom stereocenters. The van der Waals surface area contributed by atoms with Gasteiger partial charge in [0.15, 0.2) is 0 Å². The van der Waals surface area contributed by atoms with Gasteiger partial charge in [0.25, 0.3) is 0 Å². The number of halogens is 4. The first-order chi connectivity index (χ1) is 23.0. The number of nitrogens with two attached hydrogens (primary N) is 1. The Morgan fingerprint density at radius 2 is 1.65 bits per heavy atom. The number of benzene rings is 2. The molecule has 0 aromatic heterocycles. The standard InChI is InChI=1S/C33H42ClF3N8O3/c34-26-18-21(17-25(29(26)38)33(35,36)37)19-28(30(46)43-15-13-42(14-16-43)23-5-9-39-10-6-23)41-31(47)44-11-7-24(8-12-44)45-20-22-3-1-2-4-27(22)40-32(45)48/h1-4,17-18,23-24,28,39H,5-16,19-20,38H2,(H,40,48)(H,41,47). The lowest BCUT2D eigenvalue weighted by molar-refractivity contribution is -0.137. The molecule has 3 saturated heterocycles. The van der Waals surface area contributed by atoms with E-state index in [0.29, 0.717) is 64.7 Å². The molecule has 4 heterocycles. The predicted molar refractivity (Wildman–Crippen MR) is 177 cm³/mol. The lowest BCUT2D eigenvalue weighted by atomic mass is 9.99. The third kappa shape index (κ3) is 7.60. The highest BCUT2D eigenvalue weighted by Gasteiger charge is 2.37. The minimum atomic E-state index is -4.74. The number of anilines is 2. The lowest BCUT2D eigenvalue weighted by Gasteiger charge is -2.42. The summed E-state index contributed by atoms with van der Waals surface area (Å²) in [5.74, 6) is -0.353. The lowest BCUT2D eigenvalue weighted by Crippen LogP contribution is -2.59. The minimum absolute atomic E-state index is 0.0752. The van der Waals surface area contributed by atoms with Gasteiger partial charge in [-0.05, 0) is 68.1 Å². The molecule has 11 nitrogen and oxygen atoms in total. The van der Waals surface area contributed by atoms with Crippen molar-refractivity contribution in [1.29, 1.82) is 0 Å². The number of fused-ring (bicyclic) bond motifs is 1. The molecular weight excluding hydrogens is 649 g/mol. The first-order valence-corrected chi connectivity index (χ1v) is 17.0. The van der Waals surface area contributed by atoms with Gasteiger partial charge in [0, 0.05) is 70.0 Å². The Morgan fingerprint density at radius 1 is 0.958 bits per heavy atom. The largest absolute Gasteiger partial charge is 0.418 e. The van der Waals surface area contributed by atoms with Crippen LogP contribution in [0, 0.1) is 0 Å². The molecule has 0 spiro atoms. The first kappa shape index (κ1) is 34.1. The van der Waals surface area contributed by atoms with Crippen LogP contribution < -0.4 is 21.7 Å². The number of amides is 5. The van der Waals surface area contributed by atoms with Crippen LogP contribution in [0.3, 0.4) is 0 Å². The molecule has 4 aliphatic heterocycles. The number of hydrogen-bond acceptors (Lipinski definition) is 6. The number of nitrogen functional groups attached to an aromatic ring is 1. The van der Waals surface area contributed by atoms with Crippen molar-refractivity contribution in [1.82, 2.24) is 30.2 Å². The summed E-state index contributed by atoms with van der Waals surface area (Å²) in [4.78, 5) is 47.9. The Morgan fingerprint density at radius 3 is 2.33 bits per heavy atom. The van der Waals surface area contributed by atoms with Gasteiger partial charge in [-0.3, -0.25) is 9.69 Å². The van der Waals surface area contributed by atoms with E-state index in [9.17, 15) is 27.6 Å². The summed E-state index contributed by atoms with van der Waals surface area (Å²) < 4.78 is 41.3. The molecule has 15 heteroatoms. The quantitative estimate of drug-likeness (QED) is 0.340. The van der Waals surface area contributed by atoms with Crippen LogP contribution in [-0.4, -0.2) is 108 Å². The van der Waals surface area contributed by atoms with Gasteiger partial charge in [-0.2, -0.15) is 13.2 Å². The molecule has 3 fully saturated rings. The van der Waals surface area contributed by atoms with Crippen molar-refractivity contribution in [3.05, 3.63) is 58.1 Å². The third-order valence-electron chi connectivity index (χ3n) is 10.0. The van der Waals surface area contributed by atoms with Gasteiger partial charge in [-0.15, -0.1) is 0 Å². The van der Waals surface area contributed by atoms with Gasteiger partial charge in [0.1, 0.15) is 6.04 Å². The summed E-state index contributed by atoms with van der Waals surface area (Å²) in [5, 5.41) is 8.88. The van der Waals surface area contributed by atoms with Crippen LogP contribution in [0.2, 0.25) is 5.02 Å². The monoisotopic (exact) mass is 690 g/mol.